The summed E-state index contributed by atoms with van der Waals surface area (Å²) in [5.41, 5.74) is 1.57. The Bertz CT molecular complexity index is 861. The van der Waals surface area contributed by atoms with Gasteiger partial charge in [-0.05, 0) is 31.0 Å². The van der Waals surface area contributed by atoms with E-state index in [9.17, 15) is 13.2 Å². The summed E-state index contributed by atoms with van der Waals surface area (Å²) < 4.78 is 38.7. The summed E-state index contributed by atoms with van der Waals surface area (Å²) in [5.74, 6) is -0.0134. The van der Waals surface area contributed by atoms with Gasteiger partial charge in [-0.3, -0.25) is 4.79 Å². The zero-order valence-electron chi connectivity index (χ0n) is 17.9. The molecule has 1 aromatic rings. The number of nitrogens with zero attached hydrogens (tertiary/aromatic N) is 3. The molecule has 0 saturated carbocycles. The average Bonchev–Trinajstić information content (AvgIpc) is 2.84. The Morgan fingerprint density at radius 2 is 1.55 bits per heavy atom. The van der Waals surface area contributed by atoms with Gasteiger partial charge >= 0.3 is 0 Å². The number of hydrogen-bond acceptors (Lipinski definition) is 7. The molecule has 31 heavy (non-hydrogen) atoms. The Balaban J connectivity index is 1.56. The largest absolute Gasteiger partial charge is 0.378 e. The van der Waals surface area contributed by atoms with Crippen molar-refractivity contribution in [3.05, 3.63) is 18.2 Å². The van der Waals surface area contributed by atoms with Crippen LogP contribution in [0.15, 0.2) is 23.1 Å². The van der Waals surface area contributed by atoms with Crippen molar-refractivity contribution in [3.63, 3.8) is 0 Å². The zero-order chi connectivity index (χ0) is 21.7. The predicted octanol–water partition coefficient (Wildman–Crippen LogP) is 0.969. The van der Waals surface area contributed by atoms with Crippen molar-refractivity contribution in [1.29, 1.82) is 0 Å². The topological polar surface area (TPSA) is 91.4 Å². The number of carbonyl (C=O) groups is 1. The van der Waals surface area contributed by atoms with Gasteiger partial charge in [-0.15, -0.1) is 0 Å². The van der Waals surface area contributed by atoms with Crippen molar-refractivity contribution in [1.82, 2.24) is 9.21 Å². The maximum absolute atomic E-state index is 13.2. The van der Waals surface area contributed by atoms with Crippen molar-refractivity contribution in [2.24, 2.45) is 0 Å². The van der Waals surface area contributed by atoms with Crippen LogP contribution in [0.5, 0.6) is 0 Å². The molecule has 4 rings (SSSR count). The first kappa shape index (κ1) is 22.3. The highest BCUT2D eigenvalue weighted by Crippen LogP contribution is 2.31. The number of rotatable bonds is 6. The van der Waals surface area contributed by atoms with Gasteiger partial charge in [0.05, 0.1) is 49.2 Å². The van der Waals surface area contributed by atoms with Crippen molar-refractivity contribution in [2.75, 3.05) is 82.5 Å². The number of anilines is 2. The Labute approximate surface area is 184 Å². The van der Waals surface area contributed by atoms with E-state index in [2.05, 4.69) is 10.2 Å². The number of nitrogens with one attached hydrogen (secondary N) is 1. The maximum atomic E-state index is 13.2. The number of amides is 1. The van der Waals surface area contributed by atoms with Gasteiger partial charge in [-0.2, -0.15) is 4.31 Å². The number of piperidine rings is 1. The van der Waals surface area contributed by atoms with E-state index in [0.717, 1.165) is 38.0 Å². The van der Waals surface area contributed by atoms with Crippen molar-refractivity contribution in [3.8, 4) is 0 Å². The molecule has 0 aromatic heterocycles. The highest BCUT2D eigenvalue weighted by atomic mass is 32.2. The van der Waals surface area contributed by atoms with Gasteiger partial charge in [0.15, 0.2) is 0 Å². The maximum Gasteiger partial charge on any atom is 0.243 e. The first-order valence-electron chi connectivity index (χ1n) is 11.1. The molecule has 1 amide bonds. The smallest absolute Gasteiger partial charge is 0.243 e. The molecule has 9 nitrogen and oxygen atoms in total. The minimum Gasteiger partial charge on any atom is -0.378 e. The van der Waals surface area contributed by atoms with Crippen LogP contribution < -0.4 is 10.2 Å². The molecular weight excluding hydrogens is 420 g/mol. The number of morpholine rings is 2. The molecule has 0 unspecified atom stereocenters. The van der Waals surface area contributed by atoms with E-state index < -0.39 is 10.0 Å². The molecule has 1 N–H and O–H groups in total. The molecule has 3 aliphatic heterocycles. The van der Waals surface area contributed by atoms with E-state index in [0.29, 0.717) is 58.3 Å². The molecular formula is C21H32N4O5S. The molecule has 1 aromatic carbocycles. The number of sulfonamides is 1. The lowest BCUT2D eigenvalue weighted by Crippen LogP contribution is -2.43. The molecule has 172 valence electrons. The fraction of sp³-hybridized carbons (Fsp3) is 0.667. The SMILES string of the molecule is O=C(CNc1cc(S(=O)(=O)N2CCCCC2)ccc1N1CCOCC1)N1CCOCC1. The molecule has 3 aliphatic rings. The Hall–Kier alpha value is -1.88. The van der Waals surface area contributed by atoms with Gasteiger partial charge in [-0.25, -0.2) is 8.42 Å². The van der Waals surface area contributed by atoms with Crippen LogP contribution in [0.2, 0.25) is 0 Å². The third-order valence-electron chi connectivity index (χ3n) is 6.07. The van der Waals surface area contributed by atoms with Gasteiger partial charge in [0.1, 0.15) is 0 Å². The third-order valence-corrected chi connectivity index (χ3v) is 7.96. The molecule has 0 atom stereocenters. The average molecular weight is 453 g/mol. The van der Waals surface area contributed by atoms with Crippen molar-refractivity contribution in [2.45, 2.75) is 24.2 Å². The van der Waals surface area contributed by atoms with Gasteiger partial charge in [-0.1, -0.05) is 6.42 Å². The van der Waals surface area contributed by atoms with Crippen LogP contribution in [0.4, 0.5) is 11.4 Å². The molecule has 0 spiro atoms. The van der Waals surface area contributed by atoms with Gasteiger partial charge in [0, 0.05) is 39.3 Å². The minimum absolute atomic E-state index is 0.0134. The summed E-state index contributed by atoms with van der Waals surface area (Å²) in [5, 5.41) is 3.23. The van der Waals surface area contributed by atoms with E-state index in [1.54, 1.807) is 21.3 Å². The van der Waals surface area contributed by atoms with E-state index in [4.69, 9.17) is 9.47 Å². The number of hydrogen-bond donors (Lipinski definition) is 1. The molecule has 3 fully saturated rings. The fourth-order valence-corrected chi connectivity index (χ4v) is 5.79. The number of benzene rings is 1. The van der Waals surface area contributed by atoms with Gasteiger partial charge in [0.2, 0.25) is 15.9 Å². The van der Waals surface area contributed by atoms with E-state index in [-0.39, 0.29) is 17.3 Å². The lowest BCUT2D eigenvalue weighted by atomic mass is 10.2. The van der Waals surface area contributed by atoms with Crippen LogP contribution >= 0.6 is 0 Å². The monoisotopic (exact) mass is 452 g/mol. The number of carbonyl (C=O) groups excluding carboxylic acids is 1. The second kappa shape index (κ2) is 10.2. The van der Waals surface area contributed by atoms with Crippen LogP contribution in [-0.4, -0.2) is 95.8 Å². The molecule has 10 heteroatoms. The van der Waals surface area contributed by atoms with E-state index in [1.807, 2.05) is 6.07 Å². The predicted molar refractivity (Wildman–Crippen MR) is 118 cm³/mol. The first-order chi connectivity index (χ1) is 15.1. The highest BCUT2D eigenvalue weighted by molar-refractivity contribution is 7.89. The van der Waals surface area contributed by atoms with Crippen LogP contribution in [0.1, 0.15) is 19.3 Å². The van der Waals surface area contributed by atoms with Crippen molar-refractivity contribution < 1.29 is 22.7 Å². The van der Waals surface area contributed by atoms with Gasteiger partial charge < -0.3 is 24.6 Å². The zero-order valence-corrected chi connectivity index (χ0v) is 18.7. The van der Waals surface area contributed by atoms with E-state index in [1.165, 1.54) is 0 Å². The highest BCUT2D eigenvalue weighted by Gasteiger charge is 2.27. The molecule has 0 aliphatic carbocycles. The Morgan fingerprint density at radius 3 is 2.23 bits per heavy atom. The summed E-state index contributed by atoms with van der Waals surface area (Å²) in [6.07, 6.45) is 2.85. The standard InChI is InChI=1S/C21H32N4O5S/c26-21(24-10-14-30-15-11-24)17-22-19-16-18(31(27,28)25-6-2-1-3-7-25)4-5-20(19)23-8-12-29-13-9-23/h4-5,16,22H,1-3,6-15,17H2. The normalized spacial score (nSPS) is 21.2. The minimum atomic E-state index is -3.55. The van der Waals surface area contributed by atoms with Crippen LogP contribution in [0.3, 0.4) is 0 Å². The molecule has 3 heterocycles. The summed E-state index contributed by atoms with van der Waals surface area (Å²) >= 11 is 0. The van der Waals surface area contributed by atoms with Crippen LogP contribution in [-0.2, 0) is 24.3 Å². The number of ether oxygens (including phenoxy) is 2. The lowest BCUT2D eigenvalue weighted by Gasteiger charge is -2.32. The second-order valence-electron chi connectivity index (χ2n) is 8.09. The Kier molecular flexibility index (Phi) is 7.31. The lowest BCUT2D eigenvalue weighted by molar-refractivity contribution is -0.133. The third kappa shape index (κ3) is 5.31. The van der Waals surface area contributed by atoms with Crippen LogP contribution in [0.25, 0.3) is 0 Å². The molecule has 0 bridgehead atoms. The summed E-state index contributed by atoms with van der Waals surface area (Å²) in [6.45, 7) is 6.21. The Morgan fingerprint density at radius 1 is 0.903 bits per heavy atom. The summed E-state index contributed by atoms with van der Waals surface area (Å²) in [7, 11) is -3.55. The van der Waals surface area contributed by atoms with E-state index >= 15 is 0 Å². The van der Waals surface area contributed by atoms with Gasteiger partial charge in [0.25, 0.3) is 0 Å². The summed E-state index contributed by atoms with van der Waals surface area (Å²) in [6, 6.07) is 5.22. The first-order valence-corrected chi connectivity index (χ1v) is 12.6. The summed E-state index contributed by atoms with van der Waals surface area (Å²) in [4.78, 5) is 16.9. The molecule has 3 saturated heterocycles. The van der Waals surface area contributed by atoms with Crippen molar-refractivity contribution >= 4 is 27.3 Å². The fourth-order valence-electron chi connectivity index (χ4n) is 4.25. The molecule has 0 radical (unpaired) electrons. The quantitative estimate of drug-likeness (QED) is 0.688. The van der Waals surface area contributed by atoms with Crippen LogP contribution in [0, 0.1) is 0 Å². The second-order valence-corrected chi connectivity index (χ2v) is 10.0.